The fourth-order valence-electron chi connectivity index (χ4n) is 4.18. The second kappa shape index (κ2) is 10.0. The smallest absolute Gasteiger partial charge is 0.115 e. The van der Waals surface area contributed by atoms with Gasteiger partial charge in [-0.05, 0) is 48.2 Å². The van der Waals surface area contributed by atoms with Gasteiger partial charge in [-0.25, -0.2) is 0 Å². The van der Waals surface area contributed by atoms with E-state index >= 15 is 0 Å². The van der Waals surface area contributed by atoms with Crippen molar-refractivity contribution in [2.75, 3.05) is 6.16 Å². The molecular formula is C26H32BrOP. The van der Waals surface area contributed by atoms with E-state index < -0.39 is 12.9 Å². The van der Waals surface area contributed by atoms with E-state index in [-0.39, 0.29) is 28.8 Å². The molecular weight excluding hydrogens is 439 g/mol. The third-order valence-electron chi connectivity index (χ3n) is 6.08. The Hall–Kier alpha value is -1.47. The lowest BCUT2D eigenvalue weighted by Gasteiger charge is -2.40. The summed E-state index contributed by atoms with van der Waals surface area (Å²) in [5.41, 5.74) is -0.755. The van der Waals surface area contributed by atoms with Gasteiger partial charge in [0.2, 0.25) is 0 Å². The lowest BCUT2D eigenvalue weighted by atomic mass is 9.82. The predicted molar refractivity (Wildman–Crippen MR) is 125 cm³/mol. The number of hydrogen-bond acceptors (Lipinski definition) is 1. The molecule has 0 aliphatic heterocycles. The molecule has 1 N–H and O–H groups in total. The van der Waals surface area contributed by atoms with Gasteiger partial charge in [0.25, 0.3) is 0 Å². The molecule has 3 aromatic rings. The highest BCUT2D eigenvalue weighted by Gasteiger charge is 2.53. The molecule has 0 aliphatic carbocycles. The fourth-order valence-corrected chi connectivity index (χ4v) is 9.16. The predicted octanol–water partition coefficient (Wildman–Crippen LogP) is 2.03. The molecule has 0 unspecified atom stereocenters. The minimum atomic E-state index is -2.03. The Bertz CT molecular complexity index is 758. The maximum absolute atomic E-state index is 11.9. The first-order valence-electron chi connectivity index (χ1n) is 10.2. The quantitative estimate of drug-likeness (QED) is 0.523. The van der Waals surface area contributed by atoms with E-state index in [2.05, 4.69) is 119 Å². The van der Waals surface area contributed by atoms with Crippen LogP contribution >= 0.6 is 7.26 Å². The van der Waals surface area contributed by atoms with Crippen LogP contribution < -0.4 is 32.9 Å². The Morgan fingerprint density at radius 1 is 0.621 bits per heavy atom. The standard InChI is InChI=1S/C26H32OP.BrH/c1-21(2)26(27,22(3)4)20-28(23-14-8-5-9-15-23,24-16-10-6-11-17-24)25-18-12-7-13-19-25;/h5-19,21-22,27H,20H2,1-4H3;1H/q+1;/p-1. The first-order valence-corrected chi connectivity index (χ1v) is 12.2. The van der Waals surface area contributed by atoms with Crippen LogP contribution in [0.25, 0.3) is 0 Å². The molecule has 0 spiro atoms. The monoisotopic (exact) mass is 470 g/mol. The third kappa shape index (κ3) is 4.66. The zero-order chi connectivity index (χ0) is 20.2. The van der Waals surface area contributed by atoms with Gasteiger partial charge in [-0.15, -0.1) is 0 Å². The Kier molecular flexibility index (Phi) is 8.23. The van der Waals surface area contributed by atoms with Gasteiger partial charge in [0.05, 0.1) is 0 Å². The van der Waals surface area contributed by atoms with Crippen LogP contribution in [0.2, 0.25) is 0 Å². The van der Waals surface area contributed by atoms with Crippen LogP contribution in [0.4, 0.5) is 0 Å². The molecule has 3 aromatic carbocycles. The van der Waals surface area contributed by atoms with Crippen LogP contribution in [-0.2, 0) is 0 Å². The maximum Gasteiger partial charge on any atom is 0.115 e. The number of aliphatic hydroxyl groups is 1. The number of benzene rings is 3. The molecule has 0 aliphatic rings. The highest BCUT2D eigenvalue weighted by Crippen LogP contribution is 2.59. The summed E-state index contributed by atoms with van der Waals surface area (Å²) in [5, 5.41) is 15.9. The summed E-state index contributed by atoms with van der Waals surface area (Å²) in [6, 6.07) is 32.4. The van der Waals surface area contributed by atoms with Crippen molar-refractivity contribution in [1.29, 1.82) is 0 Å². The van der Waals surface area contributed by atoms with Crippen molar-refractivity contribution < 1.29 is 22.1 Å². The van der Waals surface area contributed by atoms with Gasteiger partial charge in [-0.2, -0.15) is 0 Å². The molecule has 0 saturated heterocycles. The highest BCUT2D eigenvalue weighted by molar-refractivity contribution is 7.95. The van der Waals surface area contributed by atoms with Crippen molar-refractivity contribution >= 4 is 23.2 Å². The van der Waals surface area contributed by atoms with Crippen molar-refractivity contribution in [1.82, 2.24) is 0 Å². The average molecular weight is 471 g/mol. The van der Waals surface area contributed by atoms with Gasteiger partial charge in [0.1, 0.15) is 34.9 Å². The second-order valence-corrected chi connectivity index (χ2v) is 11.8. The van der Waals surface area contributed by atoms with E-state index in [4.69, 9.17) is 0 Å². The topological polar surface area (TPSA) is 20.2 Å². The van der Waals surface area contributed by atoms with E-state index in [9.17, 15) is 5.11 Å². The van der Waals surface area contributed by atoms with E-state index in [1.54, 1.807) is 0 Å². The summed E-state index contributed by atoms with van der Waals surface area (Å²) in [6.45, 7) is 8.59. The van der Waals surface area contributed by atoms with E-state index in [1.807, 2.05) is 0 Å². The van der Waals surface area contributed by atoms with Gasteiger partial charge in [-0.1, -0.05) is 82.3 Å². The van der Waals surface area contributed by atoms with Crippen molar-refractivity contribution in [3.8, 4) is 0 Å². The Morgan fingerprint density at radius 2 is 0.897 bits per heavy atom. The number of rotatable bonds is 7. The van der Waals surface area contributed by atoms with Crippen LogP contribution in [0.15, 0.2) is 91.0 Å². The van der Waals surface area contributed by atoms with Crippen molar-refractivity contribution in [2.24, 2.45) is 11.8 Å². The van der Waals surface area contributed by atoms with Crippen molar-refractivity contribution in [3.05, 3.63) is 91.0 Å². The summed E-state index contributed by atoms with van der Waals surface area (Å²) in [6.07, 6.45) is 0.743. The molecule has 0 saturated carbocycles. The summed E-state index contributed by atoms with van der Waals surface area (Å²) in [5.74, 6) is 0.339. The maximum atomic E-state index is 11.9. The van der Waals surface area contributed by atoms with Crippen LogP contribution in [0.1, 0.15) is 27.7 Å². The van der Waals surface area contributed by atoms with Crippen molar-refractivity contribution in [3.63, 3.8) is 0 Å². The van der Waals surface area contributed by atoms with E-state index in [0.29, 0.717) is 0 Å². The molecule has 0 heterocycles. The molecule has 0 atom stereocenters. The molecule has 0 radical (unpaired) electrons. The lowest BCUT2D eigenvalue weighted by molar-refractivity contribution is -0.0252. The summed E-state index contributed by atoms with van der Waals surface area (Å²) < 4.78 is 0. The summed E-state index contributed by atoms with van der Waals surface area (Å²) >= 11 is 0. The zero-order valence-electron chi connectivity index (χ0n) is 17.8. The van der Waals surface area contributed by atoms with Crippen LogP contribution in [0, 0.1) is 11.8 Å². The molecule has 29 heavy (non-hydrogen) atoms. The highest BCUT2D eigenvalue weighted by atomic mass is 79.9. The molecule has 1 nitrogen and oxygen atoms in total. The van der Waals surface area contributed by atoms with Gasteiger partial charge in [-0.3, -0.25) is 0 Å². The van der Waals surface area contributed by atoms with Crippen LogP contribution in [0.3, 0.4) is 0 Å². The third-order valence-corrected chi connectivity index (χ3v) is 10.6. The molecule has 0 fully saturated rings. The van der Waals surface area contributed by atoms with Crippen LogP contribution in [-0.4, -0.2) is 16.9 Å². The SMILES string of the molecule is CC(C)C(O)(C[P+](c1ccccc1)(c1ccccc1)c1ccccc1)C(C)C.[Br-]. The Morgan fingerprint density at radius 3 is 1.14 bits per heavy atom. The molecule has 0 bridgehead atoms. The fraction of sp³-hybridized carbons (Fsp3) is 0.308. The molecule has 0 aromatic heterocycles. The Labute approximate surface area is 187 Å². The first kappa shape index (κ1) is 23.8. The molecule has 3 heteroatoms. The van der Waals surface area contributed by atoms with Crippen molar-refractivity contribution in [2.45, 2.75) is 33.3 Å². The molecule has 0 amide bonds. The Balaban J connectivity index is 0.00000300. The van der Waals surface area contributed by atoms with Gasteiger partial charge in [0.15, 0.2) is 0 Å². The first-order chi connectivity index (χ1) is 13.4. The molecule has 3 rings (SSSR count). The van der Waals surface area contributed by atoms with Crippen LogP contribution in [0.5, 0.6) is 0 Å². The summed E-state index contributed by atoms with van der Waals surface area (Å²) in [7, 11) is -2.03. The molecule has 154 valence electrons. The van der Waals surface area contributed by atoms with E-state index in [1.165, 1.54) is 15.9 Å². The normalized spacial score (nSPS) is 12.1. The number of halogens is 1. The summed E-state index contributed by atoms with van der Waals surface area (Å²) in [4.78, 5) is 0. The lowest BCUT2D eigenvalue weighted by Crippen LogP contribution is -3.00. The van der Waals surface area contributed by atoms with E-state index in [0.717, 1.165) is 6.16 Å². The number of hydrogen-bond donors (Lipinski definition) is 1. The minimum absolute atomic E-state index is 0. The average Bonchev–Trinajstić information content (AvgIpc) is 2.73. The largest absolute Gasteiger partial charge is 1.00 e. The minimum Gasteiger partial charge on any atom is -1.00 e. The zero-order valence-corrected chi connectivity index (χ0v) is 20.3. The van der Waals surface area contributed by atoms with Gasteiger partial charge >= 0.3 is 0 Å². The van der Waals surface area contributed by atoms with Gasteiger partial charge in [0, 0.05) is 0 Å². The van der Waals surface area contributed by atoms with Gasteiger partial charge < -0.3 is 22.1 Å². The second-order valence-electron chi connectivity index (χ2n) is 8.28.